The number of unbranched alkanes of at least 4 members (excludes halogenated alkanes) is 2. The summed E-state index contributed by atoms with van der Waals surface area (Å²) in [6, 6.07) is 15.2. The van der Waals surface area contributed by atoms with Crippen molar-refractivity contribution in [2.24, 2.45) is 0 Å². The highest BCUT2D eigenvalue weighted by Gasteiger charge is 2.31. The van der Waals surface area contributed by atoms with Crippen LogP contribution in [0.4, 0.5) is 0 Å². The Balaban J connectivity index is 1.79. The maximum atomic E-state index is 12.6. The van der Waals surface area contributed by atoms with E-state index < -0.39 is 22.4 Å². The Hall–Kier alpha value is -1.98. The van der Waals surface area contributed by atoms with Crippen molar-refractivity contribution in [3.8, 4) is 5.75 Å². The molecule has 4 nitrogen and oxygen atoms in total. The number of carboxylic acids is 1. The number of hydrogen-bond donors (Lipinski definition) is 1. The van der Waals surface area contributed by atoms with Crippen LogP contribution in [0, 0.1) is 6.92 Å². The van der Waals surface area contributed by atoms with E-state index in [1.54, 1.807) is 19.2 Å². The molecule has 2 unspecified atom stereocenters. The van der Waals surface area contributed by atoms with Crippen LogP contribution < -0.4 is 4.74 Å². The largest absolute Gasteiger partial charge is 0.611 e. The van der Waals surface area contributed by atoms with E-state index in [4.69, 9.17) is 4.74 Å². The third kappa shape index (κ3) is 6.07. The quantitative estimate of drug-likeness (QED) is 0.495. The van der Waals surface area contributed by atoms with E-state index in [1.165, 1.54) is 5.56 Å². The van der Waals surface area contributed by atoms with Gasteiger partial charge in [-0.15, -0.1) is 0 Å². The number of carboxylic acid groups (broad SMARTS) is 1. The summed E-state index contributed by atoms with van der Waals surface area (Å²) >= 11 is -1.52. The highest BCUT2D eigenvalue weighted by Crippen LogP contribution is 2.22. The molecule has 2 rings (SSSR count). The maximum Gasteiger partial charge on any atom is 0.357 e. The van der Waals surface area contributed by atoms with E-state index in [1.807, 2.05) is 43.3 Å². The van der Waals surface area contributed by atoms with Crippen LogP contribution in [0.25, 0.3) is 0 Å². The predicted octanol–water partition coefficient (Wildman–Crippen LogP) is 4.37. The Labute approximate surface area is 158 Å². The average molecular weight is 375 g/mol. The highest BCUT2D eigenvalue weighted by molar-refractivity contribution is 7.92. The van der Waals surface area contributed by atoms with Crippen LogP contribution in [0.1, 0.15) is 36.8 Å². The molecule has 0 saturated heterocycles. The van der Waals surface area contributed by atoms with Crippen molar-refractivity contribution in [2.45, 2.75) is 49.2 Å². The second kappa shape index (κ2) is 10.2. The van der Waals surface area contributed by atoms with Gasteiger partial charge in [-0.3, -0.25) is 0 Å². The van der Waals surface area contributed by atoms with Gasteiger partial charge in [-0.2, -0.15) is 0 Å². The minimum Gasteiger partial charge on any atom is -0.611 e. The summed E-state index contributed by atoms with van der Waals surface area (Å²) in [6.07, 6.45) is 4.03. The molecule has 1 N–H and O–H groups in total. The zero-order valence-electron chi connectivity index (χ0n) is 15.3. The molecule has 0 radical (unpaired) electrons. The summed E-state index contributed by atoms with van der Waals surface area (Å²) in [7, 11) is 1.65. The molecule has 0 bridgehead atoms. The second-order valence-corrected chi connectivity index (χ2v) is 8.02. The maximum absolute atomic E-state index is 12.6. The molecule has 2 aromatic rings. The molecular formula is C21H26O4S. The van der Waals surface area contributed by atoms with Gasteiger partial charge in [-0.1, -0.05) is 36.2 Å². The number of hydrogen-bond acceptors (Lipinski definition) is 3. The minimum absolute atomic E-state index is 0.429. The van der Waals surface area contributed by atoms with Crippen molar-refractivity contribution in [3.63, 3.8) is 0 Å². The van der Waals surface area contributed by atoms with Crippen LogP contribution in [-0.4, -0.2) is 28.0 Å². The van der Waals surface area contributed by atoms with Gasteiger partial charge in [0, 0.05) is 6.42 Å². The first-order valence-electron chi connectivity index (χ1n) is 8.84. The van der Waals surface area contributed by atoms with Gasteiger partial charge in [-0.25, -0.2) is 4.79 Å². The SMILES string of the molecule is COc1ccc(CCCCCC(C(=O)O)[S+]([O-])c2ccc(C)cc2)cc1. The molecule has 140 valence electrons. The molecule has 5 heteroatoms. The third-order valence-corrected chi connectivity index (χ3v) is 6.07. The van der Waals surface area contributed by atoms with E-state index in [0.717, 1.165) is 37.0 Å². The number of benzene rings is 2. The number of methoxy groups -OCH3 is 1. The first kappa shape index (κ1) is 20.3. The summed E-state index contributed by atoms with van der Waals surface area (Å²) in [4.78, 5) is 12.1. The first-order valence-corrected chi connectivity index (χ1v) is 10.1. The molecule has 0 saturated carbocycles. The van der Waals surface area contributed by atoms with Crippen LogP contribution in [0.5, 0.6) is 5.75 Å². The molecule has 0 aliphatic carbocycles. The Kier molecular flexibility index (Phi) is 8.01. The fraction of sp³-hybridized carbons (Fsp3) is 0.381. The monoisotopic (exact) mass is 374 g/mol. The van der Waals surface area contributed by atoms with Gasteiger partial charge in [0.2, 0.25) is 5.25 Å². The number of rotatable bonds is 10. The summed E-state index contributed by atoms with van der Waals surface area (Å²) in [5.74, 6) is -0.143. The van der Waals surface area contributed by atoms with Gasteiger partial charge in [-0.05, 0) is 67.2 Å². The fourth-order valence-electron chi connectivity index (χ4n) is 2.79. The Morgan fingerprint density at radius 2 is 1.73 bits per heavy atom. The highest BCUT2D eigenvalue weighted by atomic mass is 32.2. The lowest BCUT2D eigenvalue weighted by atomic mass is 10.1. The van der Waals surface area contributed by atoms with Crippen molar-refractivity contribution in [1.29, 1.82) is 0 Å². The number of aliphatic carboxylic acids is 1. The topological polar surface area (TPSA) is 69.6 Å². The van der Waals surface area contributed by atoms with Crippen molar-refractivity contribution in [3.05, 3.63) is 59.7 Å². The Bertz CT molecular complexity index is 682. The molecule has 0 spiro atoms. The predicted molar refractivity (Wildman–Crippen MR) is 104 cm³/mol. The smallest absolute Gasteiger partial charge is 0.357 e. The number of ether oxygens (including phenoxy) is 1. The van der Waals surface area contributed by atoms with Crippen molar-refractivity contribution >= 4 is 17.1 Å². The molecule has 26 heavy (non-hydrogen) atoms. The standard InChI is InChI=1S/C21H26O4S/c1-16-8-14-19(15-9-16)26(24)20(21(22)23)7-5-3-4-6-17-10-12-18(25-2)13-11-17/h8-15,20H,3-7H2,1-2H3,(H,22,23). The zero-order chi connectivity index (χ0) is 18.9. The molecule has 2 atom stereocenters. The lowest BCUT2D eigenvalue weighted by Crippen LogP contribution is -2.30. The minimum atomic E-state index is -1.52. The summed E-state index contributed by atoms with van der Waals surface area (Å²) in [5, 5.41) is 8.59. The molecule has 0 fully saturated rings. The Morgan fingerprint density at radius 1 is 1.08 bits per heavy atom. The number of aryl methyl sites for hydroxylation is 2. The van der Waals surface area contributed by atoms with E-state index in [2.05, 4.69) is 0 Å². The Morgan fingerprint density at radius 3 is 2.31 bits per heavy atom. The summed E-state index contributed by atoms with van der Waals surface area (Å²) in [6.45, 7) is 1.95. The third-order valence-electron chi connectivity index (χ3n) is 4.38. The summed E-state index contributed by atoms with van der Waals surface area (Å²) < 4.78 is 17.7. The molecule has 0 aliphatic rings. The van der Waals surface area contributed by atoms with E-state index in [9.17, 15) is 14.5 Å². The molecule has 0 heterocycles. The van der Waals surface area contributed by atoms with Crippen LogP contribution in [0.3, 0.4) is 0 Å². The van der Waals surface area contributed by atoms with Gasteiger partial charge < -0.3 is 14.4 Å². The normalized spacial score (nSPS) is 13.2. The van der Waals surface area contributed by atoms with Crippen molar-refractivity contribution < 1.29 is 19.2 Å². The van der Waals surface area contributed by atoms with Crippen LogP contribution in [0.2, 0.25) is 0 Å². The van der Waals surface area contributed by atoms with Crippen LogP contribution in [0.15, 0.2) is 53.4 Å². The fourth-order valence-corrected chi connectivity index (χ4v) is 4.08. The lowest BCUT2D eigenvalue weighted by Gasteiger charge is -2.18. The second-order valence-electron chi connectivity index (χ2n) is 6.38. The van der Waals surface area contributed by atoms with Gasteiger partial charge >= 0.3 is 5.97 Å². The van der Waals surface area contributed by atoms with E-state index >= 15 is 0 Å². The number of carbonyl (C=O) groups is 1. The van der Waals surface area contributed by atoms with Crippen LogP contribution >= 0.6 is 0 Å². The van der Waals surface area contributed by atoms with Gasteiger partial charge in [0.05, 0.1) is 7.11 Å². The average Bonchev–Trinajstić information content (AvgIpc) is 2.65. The molecule has 0 aromatic heterocycles. The van der Waals surface area contributed by atoms with Crippen LogP contribution in [-0.2, 0) is 22.4 Å². The lowest BCUT2D eigenvalue weighted by molar-refractivity contribution is -0.136. The molecule has 0 aliphatic heterocycles. The van der Waals surface area contributed by atoms with Crippen molar-refractivity contribution in [2.75, 3.05) is 7.11 Å². The van der Waals surface area contributed by atoms with Gasteiger partial charge in [0.25, 0.3) is 0 Å². The van der Waals surface area contributed by atoms with Gasteiger partial charge in [0.1, 0.15) is 5.75 Å². The van der Waals surface area contributed by atoms with E-state index in [-0.39, 0.29) is 0 Å². The van der Waals surface area contributed by atoms with Gasteiger partial charge in [0.15, 0.2) is 4.90 Å². The zero-order valence-corrected chi connectivity index (χ0v) is 16.1. The van der Waals surface area contributed by atoms with Crippen molar-refractivity contribution in [1.82, 2.24) is 0 Å². The molecular weight excluding hydrogens is 348 g/mol. The summed E-state index contributed by atoms with van der Waals surface area (Å²) in [5.41, 5.74) is 2.31. The van der Waals surface area contributed by atoms with E-state index in [0.29, 0.717) is 11.3 Å². The molecule has 2 aromatic carbocycles. The molecule has 0 amide bonds. The first-order chi connectivity index (χ1) is 12.5.